The number of amides is 1. The maximum atomic E-state index is 12.7. The van der Waals surface area contributed by atoms with E-state index in [0.29, 0.717) is 17.8 Å². The quantitative estimate of drug-likeness (QED) is 0.621. The number of carbonyl (C=O) groups is 1. The maximum Gasteiger partial charge on any atom is 0.255 e. The molecule has 128 valence electrons. The molecule has 0 spiro atoms. The molecule has 2 heterocycles. The van der Waals surface area contributed by atoms with E-state index in [1.165, 1.54) is 0 Å². The Balaban J connectivity index is 1.81. The van der Waals surface area contributed by atoms with Gasteiger partial charge in [-0.2, -0.15) is 0 Å². The molecule has 0 bridgehead atoms. The van der Waals surface area contributed by atoms with E-state index >= 15 is 0 Å². The van der Waals surface area contributed by atoms with Crippen molar-refractivity contribution in [2.24, 2.45) is 0 Å². The Morgan fingerprint density at radius 1 is 1.16 bits per heavy atom. The number of carbonyl (C=O) groups excluding carboxylic acids is 1. The van der Waals surface area contributed by atoms with Crippen LogP contribution in [0.3, 0.4) is 0 Å². The second-order valence-electron chi connectivity index (χ2n) is 6.01. The summed E-state index contributed by atoms with van der Waals surface area (Å²) in [6.45, 7) is 4.18. The van der Waals surface area contributed by atoms with Crippen molar-refractivity contribution in [1.82, 2.24) is 9.88 Å². The van der Waals surface area contributed by atoms with E-state index in [0.717, 1.165) is 27.3 Å². The Morgan fingerprint density at radius 3 is 2.60 bits per heavy atom. The molecule has 3 aromatic rings. The molecule has 5 heteroatoms. The number of rotatable bonds is 4. The minimum atomic E-state index is -0.0696. The lowest BCUT2D eigenvalue weighted by atomic mass is 10.1. The minimum Gasteiger partial charge on any atom is -0.464 e. The molecular weight excluding hydrogens is 380 g/mol. The zero-order chi connectivity index (χ0) is 18.0. The average Bonchev–Trinajstić information content (AvgIpc) is 2.99. The van der Waals surface area contributed by atoms with Crippen LogP contribution in [-0.4, -0.2) is 22.8 Å². The number of hydrogen-bond acceptors (Lipinski definition) is 3. The molecular formula is C20H19BrN2O2. The molecule has 0 atom stereocenters. The third kappa shape index (κ3) is 3.99. The lowest BCUT2D eigenvalue weighted by molar-refractivity contribution is 0.0774. The number of aryl methyl sites for hydroxylation is 2. The van der Waals surface area contributed by atoms with Gasteiger partial charge in [-0.1, -0.05) is 28.1 Å². The number of benzene rings is 1. The van der Waals surface area contributed by atoms with Crippen molar-refractivity contribution in [1.29, 1.82) is 0 Å². The molecule has 0 N–H and O–H groups in total. The highest BCUT2D eigenvalue weighted by Crippen LogP contribution is 2.23. The Hall–Kier alpha value is -2.40. The summed E-state index contributed by atoms with van der Waals surface area (Å²) in [7, 11) is 1.77. The molecule has 25 heavy (non-hydrogen) atoms. The molecule has 0 fully saturated rings. The minimum absolute atomic E-state index is 0.0696. The fraction of sp³-hybridized carbons (Fsp3) is 0.200. The number of furan rings is 1. The van der Waals surface area contributed by atoms with Gasteiger partial charge >= 0.3 is 0 Å². The van der Waals surface area contributed by atoms with E-state index in [1.807, 2.05) is 62.4 Å². The number of halogens is 1. The molecule has 0 saturated carbocycles. The lowest BCUT2D eigenvalue weighted by Gasteiger charge is -2.17. The lowest BCUT2D eigenvalue weighted by Crippen LogP contribution is -2.27. The van der Waals surface area contributed by atoms with Gasteiger partial charge in [0.05, 0.1) is 23.5 Å². The van der Waals surface area contributed by atoms with Crippen LogP contribution in [0.25, 0.3) is 11.3 Å². The topological polar surface area (TPSA) is 46.3 Å². The normalized spacial score (nSPS) is 10.7. The van der Waals surface area contributed by atoms with Crippen molar-refractivity contribution < 1.29 is 9.21 Å². The highest BCUT2D eigenvalue weighted by Gasteiger charge is 2.17. The van der Waals surface area contributed by atoms with Crippen LogP contribution in [0.1, 0.15) is 27.6 Å². The SMILES string of the molecule is Cc1ccc(CN(C)C(=O)c2ccc(-c3cccc(Br)c3)nc2C)o1. The number of pyridine rings is 1. The first kappa shape index (κ1) is 17.4. The Labute approximate surface area is 155 Å². The van der Waals surface area contributed by atoms with Gasteiger partial charge in [-0.15, -0.1) is 0 Å². The van der Waals surface area contributed by atoms with Crippen LogP contribution in [0, 0.1) is 13.8 Å². The molecule has 0 saturated heterocycles. The van der Waals surface area contributed by atoms with Crippen molar-refractivity contribution in [2.75, 3.05) is 7.05 Å². The maximum absolute atomic E-state index is 12.7. The first-order valence-electron chi connectivity index (χ1n) is 7.98. The van der Waals surface area contributed by atoms with Crippen molar-refractivity contribution in [3.63, 3.8) is 0 Å². The molecule has 2 aromatic heterocycles. The van der Waals surface area contributed by atoms with Crippen molar-refractivity contribution in [2.45, 2.75) is 20.4 Å². The van der Waals surface area contributed by atoms with Crippen LogP contribution in [-0.2, 0) is 6.54 Å². The predicted molar refractivity (Wildman–Crippen MR) is 101 cm³/mol. The van der Waals surface area contributed by atoms with E-state index in [1.54, 1.807) is 11.9 Å². The third-order valence-electron chi connectivity index (χ3n) is 3.97. The highest BCUT2D eigenvalue weighted by atomic mass is 79.9. The monoisotopic (exact) mass is 398 g/mol. The summed E-state index contributed by atoms with van der Waals surface area (Å²) >= 11 is 3.47. The Bertz CT molecular complexity index is 918. The van der Waals surface area contributed by atoms with E-state index in [-0.39, 0.29) is 5.91 Å². The van der Waals surface area contributed by atoms with Gasteiger partial charge in [-0.25, -0.2) is 0 Å². The first-order valence-corrected chi connectivity index (χ1v) is 8.77. The van der Waals surface area contributed by atoms with Gasteiger partial charge in [-0.05, 0) is 50.2 Å². The summed E-state index contributed by atoms with van der Waals surface area (Å²) < 4.78 is 6.54. The van der Waals surface area contributed by atoms with Gasteiger partial charge in [0.1, 0.15) is 11.5 Å². The second-order valence-corrected chi connectivity index (χ2v) is 6.93. The summed E-state index contributed by atoms with van der Waals surface area (Å²) in [5.41, 5.74) is 3.17. The molecule has 1 amide bonds. The number of nitrogens with zero attached hydrogens (tertiary/aromatic N) is 2. The fourth-order valence-corrected chi connectivity index (χ4v) is 3.08. The largest absolute Gasteiger partial charge is 0.464 e. The average molecular weight is 399 g/mol. The van der Waals surface area contributed by atoms with E-state index in [9.17, 15) is 4.79 Å². The van der Waals surface area contributed by atoms with E-state index in [2.05, 4.69) is 20.9 Å². The van der Waals surface area contributed by atoms with Crippen LogP contribution in [0.4, 0.5) is 0 Å². The van der Waals surface area contributed by atoms with Crippen LogP contribution in [0.15, 0.2) is 57.4 Å². The van der Waals surface area contributed by atoms with E-state index in [4.69, 9.17) is 4.42 Å². The van der Waals surface area contributed by atoms with Crippen LogP contribution in [0.2, 0.25) is 0 Å². The zero-order valence-corrected chi connectivity index (χ0v) is 16.0. The van der Waals surface area contributed by atoms with Crippen LogP contribution >= 0.6 is 15.9 Å². The zero-order valence-electron chi connectivity index (χ0n) is 14.4. The molecule has 4 nitrogen and oxygen atoms in total. The van der Waals surface area contributed by atoms with Crippen molar-refractivity contribution in [3.05, 3.63) is 75.8 Å². The summed E-state index contributed by atoms with van der Waals surface area (Å²) in [5.74, 6) is 1.54. The van der Waals surface area contributed by atoms with Gasteiger partial charge < -0.3 is 9.32 Å². The molecule has 1 aromatic carbocycles. The van der Waals surface area contributed by atoms with E-state index < -0.39 is 0 Å². The fourth-order valence-electron chi connectivity index (χ4n) is 2.68. The summed E-state index contributed by atoms with van der Waals surface area (Å²) in [4.78, 5) is 19.0. The number of aromatic nitrogens is 1. The molecule has 0 aliphatic heterocycles. The summed E-state index contributed by atoms with van der Waals surface area (Å²) in [5, 5.41) is 0. The van der Waals surface area contributed by atoms with Crippen molar-refractivity contribution >= 4 is 21.8 Å². The van der Waals surface area contributed by atoms with Gasteiger partial charge in [0, 0.05) is 17.1 Å². The smallest absolute Gasteiger partial charge is 0.255 e. The molecule has 0 aliphatic carbocycles. The van der Waals surface area contributed by atoms with Crippen molar-refractivity contribution in [3.8, 4) is 11.3 Å². The molecule has 0 aliphatic rings. The van der Waals surface area contributed by atoms with Crippen LogP contribution in [0.5, 0.6) is 0 Å². The molecule has 0 radical (unpaired) electrons. The number of hydrogen-bond donors (Lipinski definition) is 0. The van der Waals surface area contributed by atoms with Crippen LogP contribution < -0.4 is 0 Å². The third-order valence-corrected chi connectivity index (χ3v) is 4.47. The Kier molecular flexibility index (Phi) is 5.04. The summed E-state index contributed by atoms with van der Waals surface area (Å²) in [6, 6.07) is 15.5. The molecule has 3 rings (SSSR count). The van der Waals surface area contributed by atoms with Gasteiger partial charge in [0.2, 0.25) is 0 Å². The standard InChI is InChI=1S/C20H19BrN2O2/c1-13-7-8-17(25-13)12-23(3)20(24)18-9-10-19(22-14(18)2)15-5-4-6-16(21)11-15/h4-11H,12H2,1-3H3. The van der Waals surface area contributed by atoms with Gasteiger partial charge in [0.25, 0.3) is 5.91 Å². The summed E-state index contributed by atoms with van der Waals surface area (Å²) in [6.07, 6.45) is 0. The van der Waals surface area contributed by atoms with Gasteiger partial charge in [0.15, 0.2) is 0 Å². The highest BCUT2D eigenvalue weighted by molar-refractivity contribution is 9.10. The Morgan fingerprint density at radius 2 is 1.96 bits per heavy atom. The van der Waals surface area contributed by atoms with Gasteiger partial charge in [-0.3, -0.25) is 9.78 Å². The molecule has 0 unspecified atom stereocenters. The predicted octanol–water partition coefficient (Wildman–Crippen LogP) is 4.99. The first-order chi connectivity index (χ1) is 11.9. The second kappa shape index (κ2) is 7.23.